The van der Waals surface area contributed by atoms with Gasteiger partial charge in [-0.3, -0.25) is 10.1 Å². The van der Waals surface area contributed by atoms with Crippen LogP contribution < -0.4 is 5.32 Å². The Morgan fingerprint density at radius 2 is 2.05 bits per heavy atom. The van der Waals surface area contributed by atoms with Gasteiger partial charge in [0.2, 0.25) is 0 Å². The molecule has 2 rings (SSSR count). The molecule has 0 saturated heterocycles. The van der Waals surface area contributed by atoms with Crippen LogP contribution in [0.4, 0.5) is 10.1 Å². The fourth-order valence-electron chi connectivity index (χ4n) is 1.98. The third-order valence-electron chi connectivity index (χ3n) is 3.23. The van der Waals surface area contributed by atoms with E-state index in [1.54, 1.807) is 24.3 Å². The molecule has 110 valence electrons. The molecule has 0 aliphatic carbocycles. The minimum absolute atomic E-state index is 0.0325. The number of nitrogens with zero attached hydrogens (tertiary/aromatic N) is 1. The zero-order valence-corrected chi connectivity index (χ0v) is 12.1. The van der Waals surface area contributed by atoms with Gasteiger partial charge in [0.05, 0.1) is 4.92 Å². The van der Waals surface area contributed by atoms with E-state index in [9.17, 15) is 14.5 Å². The van der Waals surface area contributed by atoms with Gasteiger partial charge < -0.3 is 5.32 Å². The largest absolute Gasteiger partial charge is 0.306 e. The molecule has 0 bridgehead atoms. The third kappa shape index (κ3) is 3.77. The van der Waals surface area contributed by atoms with Crippen molar-refractivity contribution in [3.8, 4) is 0 Å². The van der Waals surface area contributed by atoms with Crippen LogP contribution in [0, 0.1) is 15.9 Å². The van der Waals surface area contributed by atoms with E-state index in [1.165, 1.54) is 18.2 Å². The smallest absolute Gasteiger partial charge is 0.269 e. The van der Waals surface area contributed by atoms with Crippen molar-refractivity contribution in [2.45, 2.75) is 19.5 Å². The van der Waals surface area contributed by atoms with Crippen LogP contribution in [0.1, 0.15) is 24.1 Å². The number of hydrogen-bond acceptors (Lipinski definition) is 3. The summed E-state index contributed by atoms with van der Waals surface area (Å²) < 4.78 is 13.7. The molecular formula is C15H14ClFN2O2. The molecule has 0 heterocycles. The summed E-state index contributed by atoms with van der Waals surface area (Å²) >= 11 is 5.96. The molecule has 0 radical (unpaired) electrons. The minimum atomic E-state index is -0.441. The zero-order chi connectivity index (χ0) is 15.4. The molecule has 2 aromatic carbocycles. The predicted octanol–water partition coefficient (Wildman–Crippen LogP) is 4.24. The Labute approximate surface area is 126 Å². The van der Waals surface area contributed by atoms with Crippen molar-refractivity contribution in [3.05, 3.63) is 74.5 Å². The van der Waals surface area contributed by atoms with E-state index in [2.05, 4.69) is 5.32 Å². The van der Waals surface area contributed by atoms with E-state index in [1.807, 2.05) is 6.92 Å². The number of nitro groups is 1. The van der Waals surface area contributed by atoms with Gasteiger partial charge in [0.25, 0.3) is 5.69 Å². The molecule has 0 fully saturated rings. The van der Waals surface area contributed by atoms with Crippen LogP contribution in [-0.4, -0.2) is 4.92 Å². The average Bonchev–Trinajstić information content (AvgIpc) is 2.46. The first kappa shape index (κ1) is 15.4. The first-order chi connectivity index (χ1) is 9.99. The summed E-state index contributed by atoms with van der Waals surface area (Å²) in [6, 6.07) is 10.7. The molecular weight excluding hydrogens is 295 g/mol. The van der Waals surface area contributed by atoms with Crippen LogP contribution in [0.25, 0.3) is 0 Å². The van der Waals surface area contributed by atoms with Gasteiger partial charge in [0, 0.05) is 35.3 Å². The molecule has 1 unspecified atom stereocenters. The van der Waals surface area contributed by atoms with E-state index in [4.69, 9.17) is 11.6 Å². The second-order valence-corrected chi connectivity index (χ2v) is 5.06. The SMILES string of the molecule is CC(NCc1c(F)cccc1Cl)c1cccc([N+](=O)[O-])c1. The minimum Gasteiger partial charge on any atom is -0.306 e. The molecule has 0 amide bonds. The molecule has 0 aliphatic heterocycles. The molecule has 21 heavy (non-hydrogen) atoms. The lowest BCUT2D eigenvalue weighted by molar-refractivity contribution is -0.384. The Kier molecular flexibility index (Phi) is 4.88. The summed E-state index contributed by atoms with van der Waals surface area (Å²) in [4.78, 5) is 10.3. The summed E-state index contributed by atoms with van der Waals surface area (Å²) in [5.41, 5.74) is 1.18. The van der Waals surface area contributed by atoms with Gasteiger partial charge in [0.1, 0.15) is 5.82 Å². The van der Waals surface area contributed by atoms with E-state index in [0.29, 0.717) is 10.6 Å². The fraction of sp³-hybridized carbons (Fsp3) is 0.200. The van der Waals surface area contributed by atoms with Gasteiger partial charge in [-0.1, -0.05) is 29.8 Å². The number of rotatable bonds is 5. The second-order valence-electron chi connectivity index (χ2n) is 4.65. The molecule has 0 aliphatic rings. The number of halogens is 2. The number of hydrogen-bond donors (Lipinski definition) is 1. The highest BCUT2D eigenvalue weighted by molar-refractivity contribution is 6.31. The van der Waals surface area contributed by atoms with Gasteiger partial charge in [-0.05, 0) is 24.6 Å². The standard InChI is InChI=1S/C15H14ClFN2O2/c1-10(11-4-2-5-12(8-11)19(20)21)18-9-13-14(16)6-3-7-15(13)17/h2-8,10,18H,9H2,1H3. The molecule has 1 N–H and O–H groups in total. The van der Waals surface area contributed by atoms with Gasteiger partial charge in [-0.2, -0.15) is 0 Å². The summed E-state index contributed by atoms with van der Waals surface area (Å²) in [7, 11) is 0. The third-order valence-corrected chi connectivity index (χ3v) is 3.58. The summed E-state index contributed by atoms with van der Waals surface area (Å²) in [5.74, 6) is -0.374. The molecule has 4 nitrogen and oxygen atoms in total. The van der Waals surface area contributed by atoms with Gasteiger partial charge in [0.15, 0.2) is 0 Å². The summed E-state index contributed by atoms with van der Waals surface area (Å²) in [5, 5.41) is 14.2. The lowest BCUT2D eigenvalue weighted by atomic mass is 10.1. The second kappa shape index (κ2) is 6.65. The Morgan fingerprint density at radius 3 is 2.71 bits per heavy atom. The highest BCUT2D eigenvalue weighted by Gasteiger charge is 2.12. The Bertz CT molecular complexity index is 644. The van der Waals surface area contributed by atoms with Crippen LogP contribution in [0.2, 0.25) is 5.02 Å². The van der Waals surface area contributed by atoms with Crippen molar-refractivity contribution in [1.82, 2.24) is 5.32 Å². The monoisotopic (exact) mass is 308 g/mol. The summed E-state index contributed by atoms with van der Waals surface area (Å²) in [6.45, 7) is 2.10. The average molecular weight is 309 g/mol. The molecule has 1 atom stereocenters. The number of nitrogens with one attached hydrogen (secondary N) is 1. The fourth-order valence-corrected chi connectivity index (χ4v) is 2.21. The first-order valence-electron chi connectivity index (χ1n) is 6.39. The predicted molar refractivity (Wildman–Crippen MR) is 79.8 cm³/mol. The maximum Gasteiger partial charge on any atom is 0.269 e. The van der Waals surface area contributed by atoms with Crippen molar-refractivity contribution >= 4 is 17.3 Å². The molecule has 0 aromatic heterocycles. The van der Waals surface area contributed by atoms with Crippen molar-refractivity contribution in [1.29, 1.82) is 0 Å². The zero-order valence-electron chi connectivity index (χ0n) is 11.3. The van der Waals surface area contributed by atoms with Crippen LogP contribution in [0.5, 0.6) is 0 Å². The van der Waals surface area contributed by atoms with E-state index >= 15 is 0 Å². The topological polar surface area (TPSA) is 55.2 Å². The van der Waals surface area contributed by atoms with E-state index in [-0.39, 0.29) is 24.1 Å². The van der Waals surface area contributed by atoms with Crippen LogP contribution in [0.15, 0.2) is 42.5 Å². The Morgan fingerprint density at radius 1 is 1.33 bits per heavy atom. The molecule has 2 aromatic rings. The van der Waals surface area contributed by atoms with Crippen molar-refractivity contribution in [2.24, 2.45) is 0 Å². The van der Waals surface area contributed by atoms with Crippen LogP contribution in [-0.2, 0) is 6.54 Å². The molecule has 0 saturated carbocycles. The van der Waals surface area contributed by atoms with Crippen molar-refractivity contribution in [3.63, 3.8) is 0 Å². The highest BCUT2D eigenvalue weighted by atomic mass is 35.5. The van der Waals surface area contributed by atoms with E-state index in [0.717, 1.165) is 5.56 Å². The maximum atomic E-state index is 13.7. The number of nitro benzene ring substituents is 1. The highest BCUT2D eigenvalue weighted by Crippen LogP contribution is 2.22. The molecule has 0 spiro atoms. The van der Waals surface area contributed by atoms with E-state index < -0.39 is 4.92 Å². The van der Waals surface area contributed by atoms with Crippen LogP contribution in [0.3, 0.4) is 0 Å². The summed E-state index contributed by atoms with van der Waals surface area (Å²) in [6.07, 6.45) is 0. The van der Waals surface area contributed by atoms with Gasteiger partial charge >= 0.3 is 0 Å². The van der Waals surface area contributed by atoms with Crippen molar-refractivity contribution < 1.29 is 9.31 Å². The van der Waals surface area contributed by atoms with Crippen molar-refractivity contribution in [2.75, 3.05) is 0 Å². The lowest BCUT2D eigenvalue weighted by Crippen LogP contribution is -2.19. The lowest BCUT2D eigenvalue weighted by Gasteiger charge is -2.15. The normalized spacial score (nSPS) is 12.1. The number of benzene rings is 2. The van der Waals surface area contributed by atoms with Gasteiger partial charge in [-0.15, -0.1) is 0 Å². The maximum absolute atomic E-state index is 13.7. The Balaban J connectivity index is 2.10. The van der Waals surface area contributed by atoms with Crippen LogP contribution >= 0.6 is 11.6 Å². The first-order valence-corrected chi connectivity index (χ1v) is 6.77. The quantitative estimate of drug-likeness (QED) is 0.664. The number of non-ortho nitro benzene ring substituents is 1. The Hall–Kier alpha value is -1.98. The van der Waals surface area contributed by atoms with Gasteiger partial charge in [-0.25, -0.2) is 4.39 Å². The molecule has 6 heteroatoms.